The molecule has 1 aromatic carbocycles. The maximum atomic E-state index is 8.09. The van der Waals surface area contributed by atoms with Crippen molar-refractivity contribution in [3.05, 3.63) is 35.4 Å². The zero-order chi connectivity index (χ0) is 10.7. The first kappa shape index (κ1) is 10.2. The van der Waals surface area contributed by atoms with E-state index in [0.717, 1.165) is 31.7 Å². The third-order valence-electron chi connectivity index (χ3n) is 2.76. The van der Waals surface area contributed by atoms with Gasteiger partial charge in [-0.1, -0.05) is 29.8 Å². The number of nitrogens with zero attached hydrogens (tertiary/aromatic N) is 1. The van der Waals surface area contributed by atoms with Gasteiger partial charge >= 0.3 is 0 Å². The minimum absolute atomic E-state index is 0.650. The molecule has 1 saturated heterocycles. The summed E-state index contributed by atoms with van der Waals surface area (Å²) in [6, 6.07) is 8.18. The number of hydrogen-bond donors (Lipinski definition) is 2. The van der Waals surface area contributed by atoms with Crippen LogP contribution >= 0.6 is 0 Å². The fraction of sp³-hybridized carbons (Fsp3) is 0.417. The highest BCUT2D eigenvalue weighted by Gasteiger charge is 2.13. The molecule has 0 radical (unpaired) electrons. The molecule has 3 heteroatoms. The van der Waals surface area contributed by atoms with Crippen LogP contribution in [0.2, 0.25) is 0 Å². The van der Waals surface area contributed by atoms with Crippen molar-refractivity contribution in [2.45, 2.75) is 6.92 Å². The average molecular weight is 203 g/mol. The molecule has 2 N–H and O–H groups in total. The highest BCUT2D eigenvalue weighted by atomic mass is 15.2. The lowest BCUT2D eigenvalue weighted by Crippen LogP contribution is -2.46. The second-order valence-electron chi connectivity index (χ2n) is 3.95. The van der Waals surface area contributed by atoms with Crippen molar-refractivity contribution < 1.29 is 0 Å². The zero-order valence-corrected chi connectivity index (χ0v) is 9.09. The Balaban J connectivity index is 2.09. The summed E-state index contributed by atoms with van der Waals surface area (Å²) in [5.41, 5.74) is 2.26. The van der Waals surface area contributed by atoms with Crippen molar-refractivity contribution in [3.8, 4) is 0 Å². The predicted molar refractivity (Wildman–Crippen MR) is 62.5 cm³/mol. The van der Waals surface area contributed by atoms with Crippen molar-refractivity contribution in [3.63, 3.8) is 0 Å². The van der Waals surface area contributed by atoms with Gasteiger partial charge in [-0.3, -0.25) is 5.41 Å². The van der Waals surface area contributed by atoms with Gasteiger partial charge < -0.3 is 10.2 Å². The van der Waals surface area contributed by atoms with Crippen LogP contribution in [-0.4, -0.2) is 36.9 Å². The first-order valence-corrected chi connectivity index (χ1v) is 5.38. The van der Waals surface area contributed by atoms with Gasteiger partial charge in [0.1, 0.15) is 5.84 Å². The number of benzene rings is 1. The van der Waals surface area contributed by atoms with Crippen molar-refractivity contribution in [1.29, 1.82) is 5.41 Å². The number of aryl methyl sites for hydroxylation is 1. The van der Waals surface area contributed by atoms with Crippen molar-refractivity contribution in [2.24, 2.45) is 0 Å². The molecule has 0 unspecified atom stereocenters. The van der Waals surface area contributed by atoms with Gasteiger partial charge in [-0.25, -0.2) is 0 Å². The summed E-state index contributed by atoms with van der Waals surface area (Å²) < 4.78 is 0. The summed E-state index contributed by atoms with van der Waals surface area (Å²) in [7, 11) is 0. The first-order chi connectivity index (χ1) is 7.27. The Morgan fingerprint density at radius 2 is 1.80 bits per heavy atom. The summed E-state index contributed by atoms with van der Waals surface area (Å²) in [5.74, 6) is 0.650. The molecule has 1 aliphatic heterocycles. The molecule has 0 aromatic heterocycles. The van der Waals surface area contributed by atoms with Crippen molar-refractivity contribution in [1.82, 2.24) is 10.2 Å². The number of rotatable bonds is 1. The van der Waals surface area contributed by atoms with E-state index in [1.807, 2.05) is 12.1 Å². The zero-order valence-electron chi connectivity index (χ0n) is 9.09. The molecule has 1 aromatic rings. The Labute approximate surface area is 90.6 Å². The summed E-state index contributed by atoms with van der Waals surface area (Å²) in [5, 5.41) is 11.4. The third kappa shape index (κ3) is 2.36. The molecule has 0 spiro atoms. The molecular formula is C12H17N3. The molecule has 15 heavy (non-hydrogen) atoms. The van der Waals surface area contributed by atoms with Crippen LogP contribution in [-0.2, 0) is 0 Å². The Bertz CT molecular complexity index is 336. The Kier molecular flexibility index (Phi) is 3.02. The monoisotopic (exact) mass is 203 g/mol. The summed E-state index contributed by atoms with van der Waals surface area (Å²) in [4.78, 5) is 2.13. The van der Waals surface area contributed by atoms with E-state index in [1.54, 1.807) is 0 Å². The lowest BCUT2D eigenvalue weighted by Gasteiger charge is -2.29. The molecule has 1 aliphatic rings. The maximum Gasteiger partial charge on any atom is 0.128 e. The number of piperazine rings is 1. The van der Waals surface area contributed by atoms with Gasteiger partial charge in [0.25, 0.3) is 0 Å². The fourth-order valence-electron chi connectivity index (χ4n) is 1.78. The van der Waals surface area contributed by atoms with E-state index < -0.39 is 0 Å². The van der Waals surface area contributed by atoms with E-state index in [-0.39, 0.29) is 0 Å². The van der Waals surface area contributed by atoms with Crippen LogP contribution in [0, 0.1) is 12.3 Å². The topological polar surface area (TPSA) is 39.1 Å². The number of amidine groups is 1. The Morgan fingerprint density at radius 1 is 1.20 bits per heavy atom. The van der Waals surface area contributed by atoms with E-state index in [1.165, 1.54) is 5.56 Å². The molecule has 0 atom stereocenters. The van der Waals surface area contributed by atoms with E-state index in [9.17, 15) is 0 Å². The summed E-state index contributed by atoms with van der Waals surface area (Å²) in [6.45, 7) is 5.90. The molecule has 1 fully saturated rings. The molecule has 0 saturated carbocycles. The van der Waals surface area contributed by atoms with Gasteiger partial charge in [0.15, 0.2) is 0 Å². The lowest BCUT2D eigenvalue weighted by atomic mass is 10.1. The molecular weight excluding hydrogens is 186 g/mol. The van der Waals surface area contributed by atoms with Crippen molar-refractivity contribution >= 4 is 5.84 Å². The summed E-state index contributed by atoms with van der Waals surface area (Å²) >= 11 is 0. The van der Waals surface area contributed by atoms with Crippen molar-refractivity contribution in [2.75, 3.05) is 26.2 Å². The standard InChI is InChI=1S/C12H17N3/c1-10-2-4-11(5-3-10)12(13)15-8-6-14-7-9-15/h2-5,13-14H,6-9H2,1H3. The molecule has 0 bridgehead atoms. The van der Waals surface area contributed by atoms with Gasteiger partial charge in [-0.15, -0.1) is 0 Å². The van der Waals surface area contributed by atoms with Gasteiger partial charge in [0.2, 0.25) is 0 Å². The van der Waals surface area contributed by atoms with E-state index in [2.05, 4.69) is 29.3 Å². The number of hydrogen-bond acceptors (Lipinski definition) is 2. The lowest BCUT2D eigenvalue weighted by molar-refractivity contribution is 0.356. The Morgan fingerprint density at radius 3 is 2.40 bits per heavy atom. The molecule has 3 nitrogen and oxygen atoms in total. The second kappa shape index (κ2) is 4.45. The highest BCUT2D eigenvalue weighted by Crippen LogP contribution is 2.07. The summed E-state index contributed by atoms with van der Waals surface area (Å²) in [6.07, 6.45) is 0. The maximum absolute atomic E-state index is 8.09. The van der Waals surface area contributed by atoms with E-state index >= 15 is 0 Å². The number of nitrogens with one attached hydrogen (secondary N) is 2. The largest absolute Gasteiger partial charge is 0.354 e. The van der Waals surface area contributed by atoms with E-state index in [4.69, 9.17) is 5.41 Å². The van der Waals surface area contributed by atoms with Gasteiger partial charge in [0, 0.05) is 31.7 Å². The quantitative estimate of drug-likeness (QED) is 0.532. The van der Waals surface area contributed by atoms with Crippen LogP contribution in [0.5, 0.6) is 0 Å². The van der Waals surface area contributed by atoms with E-state index in [0.29, 0.717) is 5.84 Å². The normalized spacial score (nSPS) is 16.5. The molecule has 0 amide bonds. The van der Waals surface area contributed by atoms with Crippen LogP contribution in [0.25, 0.3) is 0 Å². The fourth-order valence-corrected chi connectivity index (χ4v) is 1.78. The molecule has 1 heterocycles. The van der Waals surface area contributed by atoms with Crippen LogP contribution in [0.3, 0.4) is 0 Å². The van der Waals surface area contributed by atoms with Crippen LogP contribution in [0.15, 0.2) is 24.3 Å². The second-order valence-corrected chi connectivity index (χ2v) is 3.95. The minimum atomic E-state index is 0.650. The smallest absolute Gasteiger partial charge is 0.128 e. The molecule has 80 valence electrons. The SMILES string of the molecule is Cc1ccc(C(=N)N2CCNCC2)cc1. The Hall–Kier alpha value is -1.35. The molecule has 2 rings (SSSR count). The highest BCUT2D eigenvalue weighted by molar-refractivity contribution is 5.96. The van der Waals surface area contributed by atoms with Gasteiger partial charge in [-0.05, 0) is 6.92 Å². The third-order valence-corrected chi connectivity index (χ3v) is 2.76. The van der Waals surface area contributed by atoms with Gasteiger partial charge in [-0.2, -0.15) is 0 Å². The average Bonchev–Trinajstić information content (AvgIpc) is 2.30. The molecule has 0 aliphatic carbocycles. The first-order valence-electron chi connectivity index (χ1n) is 5.38. The van der Waals surface area contributed by atoms with Crippen LogP contribution in [0.1, 0.15) is 11.1 Å². The van der Waals surface area contributed by atoms with Gasteiger partial charge in [0.05, 0.1) is 0 Å². The van der Waals surface area contributed by atoms with Crippen LogP contribution < -0.4 is 5.32 Å². The minimum Gasteiger partial charge on any atom is -0.354 e. The predicted octanol–water partition coefficient (Wildman–Crippen LogP) is 1.23. The van der Waals surface area contributed by atoms with Crippen LogP contribution in [0.4, 0.5) is 0 Å².